The van der Waals surface area contributed by atoms with Crippen LogP contribution >= 0.6 is 11.8 Å². The molecule has 2 aromatic rings. The first-order valence-corrected chi connectivity index (χ1v) is 12.3. The second-order valence-corrected chi connectivity index (χ2v) is 9.16. The Bertz CT molecular complexity index is 899. The number of rotatable bonds is 8. The molecular formula is C25H32N2O2S. The topological polar surface area (TPSA) is 41.6 Å². The van der Waals surface area contributed by atoms with Crippen LogP contribution in [0.15, 0.2) is 41.3 Å². The molecule has 5 heteroatoms. The van der Waals surface area contributed by atoms with E-state index in [4.69, 9.17) is 4.74 Å². The van der Waals surface area contributed by atoms with E-state index in [0.29, 0.717) is 24.8 Å². The highest BCUT2D eigenvalue weighted by Gasteiger charge is 2.27. The van der Waals surface area contributed by atoms with Gasteiger partial charge in [-0.05, 0) is 54.5 Å². The zero-order valence-corrected chi connectivity index (χ0v) is 18.9. The van der Waals surface area contributed by atoms with E-state index >= 15 is 0 Å². The Hall–Kier alpha value is -1.98. The van der Waals surface area contributed by atoms with Gasteiger partial charge in [0.05, 0.1) is 12.2 Å². The summed E-state index contributed by atoms with van der Waals surface area (Å²) in [7, 11) is 0. The molecule has 2 aliphatic heterocycles. The summed E-state index contributed by atoms with van der Waals surface area (Å²) in [5, 5.41) is 3.23. The summed E-state index contributed by atoms with van der Waals surface area (Å²) in [6.07, 6.45) is 7.61. The Morgan fingerprint density at radius 1 is 1.20 bits per heavy atom. The normalized spacial score (nSPS) is 17.9. The third kappa shape index (κ3) is 4.68. The maximum absolute atomic E-state index is 13.1. The number of nitrogens with zero attached hydrogens (tertiary/aromatic N) is 1. The molecule has 0 unspecified atom stereocenters. The smallest absolute Gasteiger partial charge is 0.255 e. The summed E-state index contributed by atoms with van der Waals surface area (Å²) in [5.41, 5.74) is 4.68. The minimum Gasteiger partial charge on any atom is -0.492 e. The Kier molecular flexibility index (Phi) is 7.00. The van der Waals surface area contributed by atoms with E-state index in [1.165, 1.54) is 30.4 Å². The SMILES string of the molecule is CCCCCN1Cc2ccccc2C[C@H]1CNC(=O)c1cc(SC)cc2c1OCC2. The van der Waals surface area contributed by atoms with Crippen LogP contribution in [0.1, 0.15) is 53.2 Å². The number of hydrogen-bond donors (Lipinski definition) is 1. The van der Waals surface area contributed by atoms with Crippen LogP contribution in [0.3, 0.4) is 0 Å². The van der Waals surface area contributed by atoms with Crippen molar-refractivity contribution in [2.24, 2.45) is 0 Å². The highest BCUT2D eigenvalue weighted by molar-refractivity contribution is 7.98. The summed E-state index contributed by atoms with van der Waals surface area (Å²) in [6.45, 7) is 5.63. The zero-order chi connectivity index (χ0) is 20.9. The Labute approximate surface area is 184 Å². The first-order chi connectivity index (χ1) is 14.7. The first-order valence-electron chi connectivity index (χ1n) is 11.1. The minimum atomic E-state index is -0.0172. The fraction of sp³-hybridized carbons (Fsp3) is 0.480. The number of hydrogen-bond acceptors (Lipinski definition) is 4. The molecule has 4 rings (SSSR count). The molecule has 0 saturated heterocycles. The highest BCUT2D eigenvalue weighted by Crippen LogP contribution is 2.34. The lowest BCUT2D eigenvalue weighted by molar-refractivity contribution is 0.0920. The summed E-state index contributed by atoms with van der Waals surface area (Å²) in [4.78, 5) is 16.8. The number of nitrogens with one attached hydrogen (secondary N) is 1. The average Bonchev–Trinajstić information content (AvgIpc) is 3.25. The fourth-order valence-electron chi connectivity index (χ4n) is 4.54. The van der Waals surface area contributed by atoms with Gasteiger partial charge in [0, 0.05) is 30.4 Å². The summed E-state index contributed by atoms with van der Waals surface area (Å²) >= 11 is 1.67. The molecule has 1 N–H and O–H groups in total. The van der Waals surface area contributed by atoms with E-state index in [1.807, 2.05) is 12.3 Å². The lowest BCUT2D eigenvalue weighted by Crippen LogP contribution is -2.47. The van der Waals surface area contributed by atoms with E-state index in [-0.39, 0.29) is 5.91 Å². The third-order valence-corrected chi connectivity index (χ3v) is 6.96. The van der Waals surface area contributed by atoms with Crippen LogP contribution in [0.4, 0.5) is 0 Å². The van der Waals surface area contributed by atoms with Gasteiger partial charge in [0.15, 0.2) is 0 Å². The molecule has 2 aliphatic rings. The molecule has 4 nitrogen and oxygen atoms in total. The number of ether oxygens (including phenoxy) is 1. The number of carbonyl (C=O) groups is 1. The van der Waals surface area contributed by atoms with Gasteiger partial charge in [0.25, 0.3) is 5.91 Å². The summed E-state index contributed by atoms with van der Waals surface area (Å²) in [6, 6.07) is 13.2. The van der Waals surface area contributed by atoms with Crippen molar-refractivity contribution in [2.45, 2.75) is 56.5 Å². The van der Waals surface area contributed by atoms with Crippen LogP contribution in [0.25, 0.3) is 0 Å². The number of amides is 1. The standard InChI is InChI=1S/C25H32N2O2S/c1-3-4-7-11-27-17-20-9-6-5-8-18(20)13-21(27)16-26-25(28)23-15-22(30-2)14-19-10-12-29-24(19)23/h5-6,8-9,14-15,21H,3-4,7,10-13,16-17H2,1-2H3,(H,26,28)/t21-/m0/s1. The second-order valence-electron chi connectivity index (χ2n) is 8.28. The van der Waals surface area contributed by atoms with Crippen LogP contribution in [-0.2, 0) is 19.4 Å². The molecule has 0 bridgehead atoms. The van der Waals surface area contributed by atoms with Gasteiger partial charge in [-0.15, -0.1) is 11.8 Å². The van der Waals surface area contributed by atoms with Crippen LogP contribution < -0.4 is 10.1 Å². The van der Waals surface area contributed by atoms with Crippen molar-refractivity contribution in [2.75, 3.05) is 26.0 Å². The quantitative estimate of drug-likeness (QED) is 0.493. The van der Waals surface area contributed by atoms with E-state index in [2.05, 4.69) is 47.5 Å². The lowest BCUT2D eigenvalue weighted by Gasteiger charge is -2.37. The summed E-state index contributed by atoms with van der Waals surface area (Å²) in [5.74, 6) is 0.760. The zero-order valence-electron chi connectivity index (χ0n) is 18.1. The largest absolute Gasteiger partial charge is 0.492 e. The molecule has 160 valence electrons. The van der Waals surface area contributed by atoms with Crippen LogP contribution in [0.5, 0.6) is 5.75 Å². The molecule has 1 amide bonds. The van der Waals surface area contributed by atoms with Gasteiger partial charge in [0.1, 0.15) is 5.75 Å². The number of unbranched alkanes of at least 4 members (excludes halogenated alkanes) is 2. The van der Waals surface area contributed by atoms with Crippen molar-refractivity contribution >= 4 is 17.7 Å². The molecule has 0 spiro atoms. The lowest BCUT2D eigenvalue weighted by atomic mass is 9.93. The molecule has 0 aliphatic carbocycles. The van der Waals surface area contributed by atoms with Gasteiger partial charge >= 0.3 is 0 Å². The van der Waals surface area contributed by atoms with E-state index in [0.717, 1.165) is 42.1 Å². The van der Waals surface area contributed by atoms with Crippen molar-refractivity contribution in [1.29, 1.82) is 0 Å². The van der Waals surface area contributed by atoms with Crippen LogP contribution in [0.2, 0.25) is 0 Å². The molecular weight excluding hydrogens is 392 g/mol. The van der Waals surface area contributed by atoms with Crippen LogP contribution in [0, 0.1) is 0 Å². The Balaban J connectivity index is 1.47. The van der Waals surface area contributed by atoms with Crippen molar-refractivity contribution < 1.29 is 9.53 Å². The number of benzene rings is 2. The molecule has 0 saturated carbocycles. The van der Waals surface area contributed by atoms with Gasteiger partial charge in [-0.2, -0.15) is 0 Å². The van der Waals surface area contributed by atoms with Gasteiger partial charge in [-0.1, -0.05) is 44.0 Å². The van der Waals surface area contributed by atoms with Gasteiger partial charge in [0.2, 0.25) is 0 Å². The molecule has 0 radical (unpaired) electrons. The van der Waals surface area contributed by atoms with Crippen molar-refractivity contribution in [3.8, 4) is 5.75 Å². The summed E-state index contributed by atoms with van der Waals surface area (Å²) < 4.78 is 5.79. The van der Waals surface area contributed by atoms with Crippen molar-refractivity contribution in [3.63, 3.8) is 0 Å². The predicted octanol–water partition coefficient (Wildman–Crippen LogP) is 4.69. The van der Waals surface area contributed by atoms with Gasteiger partial charge in [-0.3, -0.25) is 9.69 Å². The van der Waals surface area contributed by atoms with E-state index in [1.54, 1.807) is 11.8 Å². The maximum atomic E-state index is 13.1. The first kappa shape index (κ1) is 21.3. The molecule has 1 atom stereocenters. The third-order valence-electron chi connectivity index (χ3n) is 6.25. The van der Waals surface area contributed by atoms with Crippen molar-refractivity contribution in [3.05, 3.63) is 58.7 Å². The van der Waals surface area contributed by atoms with Gasteiger partial charge in [-0.25, -0.2) is 0 Å². The number of carbonyl (C=O) groups excluding carboxylic acids is 1. The predicted molar refractivity (Wildman–Crippen MR) is 124 cm³/mol. The number of thioether (sulfide) groups is 1. The molecule has 2 heterocycles. The Morgan fingerprint density at radius 3 is 2.83 bits per heavy atom. The molecule has 30 heavy (non-hydrogen) atoms. The molecule has 0 aromatic heterocycles. The monoisotopic (exact) mass is 424 g/mol. The number of fused-ring (bicyclic) bond motifs is 2. The van der Waals surface area contributed by atoms with Crippen molar-refractivity contribution in [1.82, 2.24) is 10.2 Å². The average molecular weight is 425 g/mol. The molecule has 0 fully saturated rings. The maximum Gasteiger partial charge on any atom is 0.255 e. The Morgan fingerprint density at radius 2 is 2.03 bits per heavy atom. The van der Waals surface area contributed by atoms with E-state index in [9.17, 15) is 4.79 Å². The minimum absolute atomic E-state index is 0.0172. The van der Waals surface area contributed by atoms with Gasteiger partial charge < -0.3 is 10.1 Å². The second kappa shape index (κ2) is 9.88. The fourth-order valence-corrected chi connectivity index (χ4v) is 5.04. The highest BCUT2D eigenvalue weighted by atomic mass is 32.2. The molecule has 2 aromatic carbocycles. The van der Waals surface area contributed by atoms with E-state index < -0.39 is 0 Å². The van der Waals surface area contributed by atoms with Crippen LogP contribution in [-0.4, -0.2) is 42.8 Å².